The molecule has 2 aliphatic heterocycles. The summed E-state index contributed by atoms with van der Waals surface area (Å²) in [6.45, 7) is 6.20. The Balaban J connectivity index is 0.000000161. The minimum absolute atomic E-state index is 0.227. The zero-order chi connectivity index (χ0) is 56.4. The van der Waals surface area contributed by atoms with E-state index in [1.54, 1.807) is 27.3 Å². The Morgan fingerprint density at radius 2 is 1.21 bits per heavy atom. The molecule has 0 amide bonds. The monoisotopic (exact) mass is 1120 g/mol. The van der Waals surface area contributed by atoms with Crippen LogP contribution in [-0.2, 0) is 28.7 Å². The van der Waals surface area contributed by atoms with Crippen molar-refractivity contribution >= 4 is 56.0 Å². The predicted octanol–water partition coefficient (Wildman–Crippen LogP) is 5.74. The summed E-state index contributed by atoms with van der Waals surface area (Å²) in [5.74, 6) is 1.63. The van der Waals surface area contributed by atoms with Crippen LogP contribution in [0, 0.1) is 11.8 Å². The number of ether oxygens (including phenoxy) is 2. The van der Waals surface area contributed by atoms with Crippen molar-refractivity contribution in [2.24, 2.45) is 11.8 Å². The van der Waals surface area contributed by atoms with E-state index in [1.165, 1.54) is 50.1 Å². The summed E-state index contributed by atoms with van der Waals surface area (Å²) in [6, 6.07) is 13.0. The number of imidazole rings is 4. The molecule has 13 rings (SSSR count). The highest BCUT2D eigenvalue weighted by molar-refractivity contribution is 5.82. The van der Waals surface area contributed by atoms with E-state index in [0.717, 1.165) is 97.9 Å². The predicted molar refractivity (Wildman–Crippen MR) is 299 cm³/mol. The molecule has 0 unspecified atom stereocenters. The maximum Gasteiger partial charge on any atom is 0.249 e. The summed E-state index contributed by atoms with van der Waals surface area (Å²) in [4.78, 5) is 45.8. The number of nitrogens with one attached hydrogen (secondary N) is 2. The number of nitrogen functional groups attached to an aromatic ring is 2. The lowest BCUT2D eigenvalue weighted by atomic mass is 9.76. The molecule has 3 saturated carbocycles. The highest BCUT2D eigenvalue weighted by atomic mass is 19.3. The summed E-state index contributed by atoms with van der Waals surface area (Å²) in [6.07, 6.45) is 10.4. The molecule has 0 spiro atoms. The van der Waals surface area contributed by atoms with Crippen molar-refractivity contribution in [2.75, 3.05) is 31.6 Å². The van der Waals surface area contributed by atoms with E-state index >= 15 is 0 Å². The van der Waals surface area contributed by atoms with Gasteiger partial charge in [-0.1, -0.05) is 18.6 Å². The number of benzene rings is 2. The summed E-state index contributed by atoms with van der Waals surface area (Å²) in [5.41, 5.74) is 19.4. The van der Waals surface area contributed by atoms with Gasteiger partial charge in [-0.3, -0.25) is 14.0 Å². The first-order chi connectivity index (χ1) is 38.9. The Labute approximate surface area is 466 Å². The van der Waals surface area contributed by atoms with Gasteiger partial charge in [0.15, 0.2) is 35.4 Å². The van der Waals surface area contributed by atoms with Crippen LogP contribution >= 0.6 is 0 Å². The minimum Gasteiger partial charge on any atom is -0.387 e. The van der Waals surface area contributed by atoms with Gasteiger partial charge in [0.25, 0.3) is 0 Å². The van der Waals surface area contributed by atoms with Crippen LogP contribution in [0.2, 0.25) is 0 Å². The molecule has 0 bridgehead atoms. The third kappa shape index (κ3) is 11.3. The Hall–Kier alpha value is -6.38. The number of likely N-dealkylation sites (N-methyl/N-ethyl adjacent to an activating group) is 1. The largest absolute Gasteiger partial charge is 0.387 e. The molecule has 22 nitrogen and oxygen atoms in total. The quantitative estimate of drug-likeness (QED) is 0.0508. The average Bonchev–Trinajstić information content (AvgIpc) is 4.47. The van der Waals surface area contributed by atoms with E-state index in [0.29, 0.717) is 64.9 Å². The fraction of sp³-hybridized carbons (Fsp3) is 0.579. The van der Waals surface area contributed by atoms with Crippen molar-refractivity contribution in [1.29, 1.82) is 0 Å². The Morgan fingerprint density at radius 3 is 1.73 bits per heavy atom. The van der Waals surface area contributed by atoms with Gasteiger partial charge in [0.1, 0.15) is 72.0 Å². The lowest BCUT2D eigenvalue weighted by molar-refractivity contribution is -0.0620. The van der Waals surface area contributed by atoms with Gasteiger partial charge in [0.2, 0.25) is 5.92 Å². The van der Waals surface area contributed by atoms with E-state index < -0.39 is 55.0 Å². The second kappa shape index (κ2) is 22.4. The molecule has 432 valence electrons. The topological polar surface area (TPSA) is 302 Å². The fourth-order valence-electron chi connectivity index (χ4n) is 12.8. The molecule has 2 aromatic carbocycles. The van der Waals surface area contributed by atoms with Crippen LogP contribution in [0.3, 0.4) is 0 Å². The van der Waals surface area contributed by atoms with Crippen molar-refractivity contribution in [3.05, 3.63) is 84.5 Å². The van der Waals surface area contributed by atoms with Crippen molar-refractivity contribution in [1.82, 2.24) is 68.8 Å². The number of aromatic nitrogens is 12. The SMILES string of the molecule is CC(C)N(C[C@H]1O[C@@H](n2cnc3c(N)ncnc32)[C@H](O)[C@@H]1O)C1CC(CCc2nc3ccc(CC(C)(F)F)cc3[nH]2)C1.CN(C[C@H]1O[C@@H](n2cnc3c(N)ncnc32)[C@H](O)[C@@H]1O)C1CC(CCc2nc3ccc(C4CCC4)cc3[nH]2)C1. The van der Waals surface area contributed by atoms with Crippen LogP contribution in [0.15, 0.2) is 61.7 Å². The highest BCUT2D eigenvalue weighted by Gasteiger charge is 2.48. The number of H-pyrrole nitrogens is 2. The number of aliphatic hydroxyl groups excluding tert-OH is 4. The summed E-state index contributed by atoms with van der Waals surface area (Å²) < 4.78 is 42.4. The maximum absolute atomic E-state index is 13.4. The highest BCUT2D eigenvalue weighted by Crippen LogP contribution is 2.41. The molecule has 5 aliphatic rings. The first-order valence-electron chi connectivity index (χ1n) is 28.6. The molecule has 24 heteroatoms. The number of nitrogens with two attached hydrogens (primary N) is 2. The molecule has 3 aliphatic carbocycles. The molecule has 8 aromatic rings. The molecule has 0 radical (unpaired) electrons. The molecule has 2 saturated heterocycles. The molecular weight excluding hydrogens is 1040 g/mol. The Bertz CT molecular complexity index is 3480. The minimum atomic E-state index is -2.75. The second-order valence-electron chi connectivity index (χ2n) is 23.9. The number of anilines is 2. The Kier molecular flexibility index (Phi) is 15.3. The van der Waals surface area contributed by atoms with Crippen LogP contribution < -0.4 is 11.5 Å². The molecular formula is C57H74F2N16O6. The Morgan fingerprint density at radius 1 is 0.691 bits per heavy atom. The first-order valence-corrected chi connectivity index (χ1v) is 28.6. The number of rotatable bonds is 18. The number of halogens is 2. The van der Waals surface area contributed by atoms with Gasteiger partial charge in [0, 0.05) is 50.5 Å². The van der Waals surface area contributed by atoms with Gasteiger partial charge >= 0.3 is 0 Å². The number of aliphatic hydroxyl groups is 4. The van der Waals surface area contributed by atoms with Crippen molar-refractivity contribution in [2.45, 2.75) is 177 Å². The van der Waals surface area contributed by atoms with Gasteiger partial charge in [-0.05, 0) is 132 Å². The van der Waals surface area contributed by atoms with Gasteiger partial charge in [-0.15, -0.1) is 0 Å². The molecule has 5 fully saturated rings. The molecule has 81 heavy (non-hydrogen) atoms. The van der Waals surface area contributed by atoms with E-state index in [2.05, 4.69) is 93.7 Å². The lowest BCUT2D eigenvalue weighted by Crippen LogP contribution is -2.52. The van der Waals surface area contributed by atoms with Gasteiger partial charge in [-0.2, -0.15) is 0 Å². The number of aryl methyl sites for hydroxylation is 2. The fourth-order valence-corrected chi connectivity index (χ4v) is 12.8. The normalized spacial score (nSPS) is 27.9. The third-order valence-electron chi connectivity index (χ3n) is 17.9. The second-order valence-corrected chi connectivity index (χ2v) is 23.9. The molecule has 10 N–H and O–H groups in total. The van der Waals surface area contributed by atoms with E-state index in [-0.39, 0.29) is 24.1 Å². The molecule has 8 atom stereocenters. The smallest absolute Gasteiger partial charge is 0.249 e. The van der Waals surface area contributed by atoms with Crippen LogP contribution in [0.4, 0.5) is 20.4 Å². The van der Waals surface area contributed by atoms with Crippen LogP contribution in [0.1, 0.15) is 120 Å². The maximum atomic E-state index is 13.4. The van der Waals surface area contributed by atoms with Crippen molar-refractivity contribution in [3.8, 4) is 0 Å². The average molecular weight is 1120 g/mol. The van der Waals surface area contributed by atoms with Crippen molar-refractivity contribution < 1.29 is 38.7 Å². The first kappa shape index (κ1) is 55.2. The van der Waals surface area contributed by atoms with E-state index in [9.17, 15) is 29.2 Å². The summed E-state index contributed by atoms with van der Waals surface area (Å²) in [5, 5.41) is 43.3. The number of hydrogen-bond donors (Lipinski definition) is 8. The van der Waals surface area contributed by atoms with Crippen molar-refractivity contribution in [3.63, 3.8) is 0 Å². The van der Waals surface area contributed by atoms with Crippen LogP contribution in [0.5, 0.6) is 0 Å². The number of aromatic amines is 2. The number of hydrogen-bond acceptors (Lipinski definition) is 18. The lowest BCUT2D eigenvalue weighted by Gasteiger charge is -2.46. The number of fused-ring (bicyclic) bond motifs is 4. The summed E-state index contributed by atoms with van der Waals surface area (Å²) in [7, 11) is 2.07. The van der Waals surface area contributed by atoms with Gasteiger partial charge < -0.3 is 56.2 Å². The van der Waals surface area contributed by atoms with Gasteiger partial charge in [-0.25, -0.2) is 48.7 Å². The zero-order valence-electron chi connectivity index (χ0n) is 46.1. The van der Waals surface area contributed by atoms with Crippen LogP contribution in [-0.4, -0.2) is 170 Å². The number of nitrogens with zero attached hydrogens (tertiary/aromatic N) is 12. The number of alkyl halides is 2. The third-order valence-corrected chi connectivity index (χ3v) is 17.9. The molecule has 6 aromatic heterocycles. The molecule has 8 heterocycles. The standard InChI is InChI=1S/C29H38F2N8O3.C28H36N8O3/c1-15(2)38(12-21-24(40)25(41)28(42-21)39-14-35-23-26(32)33-13-34-27(23)39)18-8-16(9-18)5-7-22-36-19-6-4-17(10-20(19)37-22)11-29(3,30)31;1-35(12-21-24(37)25(38)28(39-21)36-14-32-23-26(29)30-13-31-27(23)36)18-9-15(10-18)5-8-22-33-19-7-6-17(11-20(19)34-22)16-3-2-4-16/h4,6,10,13-16,18,21,24-25,28,40-41H,5,7-9,11-12H2,1-3H3,(H,36,37)(H2,32,33,34);6-7,11,13-16,18,21,24-25,28,37-38H,2-5,8-10,12H2,1H3,(H,33,34)(H2,29,30,31)/t16?,18?,21-,24-,25-,28-;15?,18?,21-,24-,25-,28-/m11/s1. The zero-order valence-corrected chi connectivity index (χ0v) is 46.1. The van der Waals surface area contributed by atoms with E-state index in [1.807, 2.05) is 0 Å². The summed E-state index contributed by atoms with van der Waals surface area (Å²) >= 11 is 0. The van der Waals surface area contributed by atoms with Crippen LogP contribution in [0.25, 0.3) is 44.4 Å². The van der Waals surface area contributed by atoms with E-state index in [4.69, 9.17) is 25.9 Å². The van der Waals surface area contributed by atoms with Gasteiger partial charge in [0.05, 0.1) is 34.7 Å².